The van der Waals surface area contributed by atoms with Crippen LogP contribution in [0, 0.1) is 17.3 Å². The molecule has 0 aliphatic heterocycles. The highest BCUT2D eigenvalue weighted by Crippen LogP contribution is 2.55. The summed E-state index contributed by atoms with van der Waals surface area (Å²) >= 11 is 0. The first-order valence-electron chi connectivity index (χ1n) is 5.24. The molecule has 0 bridgehead atoms. The summed E-state index contributed by atoms with van der Waals surface area (Å²) < 4.78 is 0. The van der Waals surface area contributed by atoms with Gasteiger partial charge in [-0.2, -0.15) is 0 Å². The lowest BCUT2D eigenvalue weighted by atomic mass is 9.64. The molecule has 1 aliphatic carbocycles. The van der Waals surface area contributed by atoms with E-state index in [2.05, 4.69) is 34.3 Å². The predicted octanol–water partition coefficient (Wildman–Crippen LogP) is 3.00. The van der Waals surface area contributed by atoms with E-state index in [9.17, 15) is 5.11 Å². The maximum atomic E-state index is 10.4. The number of hydrogen-bond donors (Lipinski definition) is 1. The summed E-state index contributed by atoms with van der Waals surface area (Å²) in [7, 11) is 0. The zero-order valence-corrected chi connectivity index (χ0v) is 9.30. The Hall–Kier alpha value is -0.300. The summed E-state index contributed by atoms with van der Waals surface area (Å²) in [6.45, 7) is 12.6. The van der Waals surface area contributed by atoms with Crippen molar-refractivity contribution in [3.8, 4) is 0 Å². The lowest BCUT2D eigenvalue weighted by Gasteiger charge is -2.44. The van der Waals surface area contributed by atoms with Crippen molar-refractivity contribution in [2.45, 2.75) is 46.1 Å². The summed E-state index contributed by atoms with van der Waals surface area (Å²) in [6.07, 6.45) is 3.72. The Morgan fingerprint density at radius 2 is 2.08 bits per heavy atom. The van der Waals surface area contributed by atoms with Gasteiger partial charge in [0.05, 0.1) is 5.60 Å². The zero-order chi connectivity index (χ0) is 10.3. The maximum Gasteiger partial charge on any atom is 0.0883 e. The van der Waals surface area contributed by atoms with Crippen LogP contribution in [0.25, 0.3) is 0 Å². The van der Waals surface area contributed by atoms with E-state index in [0.717, 1.165) is 12.8 Å². The third-order valence-electron chi connectivity index (χ3n) is 4.45. The van der Waals surface area contributed by atoms with Crippen LogP contribution in [0.5, 0.6) is 0 Å². The smallest absolute Gasteiger partial charge is 0.0883 e. The Balaban J connectivity index is 3.08. The second-order valence-corrected chi connectivity index (χ2v) is 5.01. The zero-order valence-electron chi connectivity index (χ0n) is 9.30. The summed E-state index contributed by atoms with van der Waals surface area (Å²) in [4.78, 5) is 0. The first-order chi connectivity index (χ1) is 5.88. The lowest BCUT2D eigenvalue weighted by Crippen LogP contribution is -2.46. The molecule has 1 fully saturated rings. The quantitative estimate of drug-likeness (QED) is 0.651. The van der Waals surface area contributed by atoms with Crippen LogP contribution >= 0.6 is 0 Å². The van der Waals surface area contributed by atoms with Gasteiger partial charge in [-0.05, 0) is 24.7 Å². The number of rotatable bonds is 2. The summed E-state index contributed by atoms with van der Waals surface area (Å²) in [5.41, 5.74) is -0.657. The molecule has 0 heterocycles. The van der Waals surface area contributed by atoms with Gasteiger partial charge in [-0.25, -0.2) is 0 Å². The van der Waals surface area contributed by atoms with Gasteiger partial charge < -0.3 is 5.11 Å². The summed E-state index contributed by atoms with van der Waals surface area (Å²) in [6, 6.07) is 0. The van der Waals surface area contributed by atoms with E-state index in [-0.39, 0.29) is 5.41 Å². The fourth-order valence-electron chi connectivity index (χ4n) is 2.82. The Morgan fingerprint density at radius 1 is 1.54 bits per heavy atom. The van der Waals surface area contributed by atoms with Crippen LogP contribution in [0.1, 0.15) is 40.5 Å². The molecule has 0 aromatic carbocycles. The second kappa shape index (κ2) is 3.13. The molecule has 0 aromatic heterocycles. The molecule has 0 spiro atoms. The first kappa shape index (κ1) is 10.8. The third kappa shape index (κ3) is 1.25. The van der Waals surface area contributed by atoms with Crippen molar-refractivity contribution in [1.29, 1.82) is 0 Å². The minimum atomic E-state index is -0.652. The standard InChI is InChI=1S/C12H22O/c1-6-12(13)8-7-10(4)11(12,5)9(2)3/h6,9-10,13H,1,7-8H2,2-5H3/t10?,11-,12?/m0/s1. The van der Waals surface area contributed by atoms with Gasteiger partial charge in [-0.3, -0.25) is 0 Å². The Morgan fingerprint density at radius 3 is 2.38 bits per heavy atom. The topological polar surface area (TPSA) is 20.2 Å². The van der Waals surface area contributed by atoms with E-state index < -0.39 is 5.60 Å². The fourth-order valence-corrected chi connectivity index (χ4v) is 2.82. The highest BCUT2D eigenvalue weighted by Gasteiger charge is 2.54. The molecule has 3 atom stereocenters. The van der Waals surface area contributed by atoms with Gasteiger partial charge >= 0.3 is 0 Å². The van der Waals surface area contributed by atoms with Crippen molar-refractivity contribution in [3.05, 3.63) is 12.7 Å². The van der Waals surface area contributed by atoms with Crippen LogP contribution in [0.3, 0.4) is 0 Å². The van der Waals surface area contributed by atoms with E-state index in [4.69, 9.17) is 0 Å². The summed E-state index contributed by atoms with van der Waals surface area (Å²) in [5, 5.41) is 10.4. The van der Waals surface area contributed by atoms with Crippen molar-refractivity contribution in [3.63, 3.8) is 0 Å². The molecule has 13 heavy (non-hydrogen) atoms. The van der Waals surface area contributed by atoms with E-state index in [0.29, 0.717) is 11.8 Å². The minimum Gasteiger partial charge on any atom is -0.385 e. The second-order valence-electron chi connectivity index (χ2n) is 5.01. The average Bonchev–Trinajstić information content (AvgIpc) is 2.32. The summed E-state index contributed by atoms with van der Waals surface area (Å²) in [5.74, 6) is 1.07. The highest BCUT2D eigenvalue weighted by molar-refractivity contribution is 5.14. The Labute approximate surface area is 81.9 Å². The van der Waals surface area contributed by atoms with E-state index in [1.165, 1.54) is 0 Å². The van der Waals surface area contributed by atoms with Crippen LogP contribution in [-0.2, 0) is 0 Å². The Kier molecular flexibility index (Phi) is 2.59. The van der Waals surface area contributed by atoms with Gasteiger partial charge in [-0.15, -0.1) is 6.58 Å². The molecule has 0 aromatic rings. The Bertz CT molecular complexity index is 209. The molecule has 0 radical (unpaired) electrons. The van der Waals surface area contributed by atoms with Gasteiger partial charge in [-0.1, -0.05) is 33.8 Å². The van der Waals surface area contributed by atoms with E-state index >= 15 is 0 Å². The van der Waals surface area contributed by atoms with Crippen molar-refractivity contribution in [1.82, 2.24) is 0 Å². The molecule has 1 aliphatic rings. The molecule has 1 saturated carbocycles. The van der Waals surface area contributed by atoms with Gasteiger partial charge in [0, 0.05) is 5.41 Å². The number of aliphatic hydroxyl groups is 1. The molecule has 1 N–H and O–H groups in total. The van der Waals surface area contributed by atoms with Gasteiger partial charge in [0.2, 0.25) is 0 Å². The van der Waals surface area contributed by atoms with Crippen molar-refractivity contribution >= 4 is 0 Å². The number of hydrogen-bond acceptors (Lipinski definition) is 1. The van der Waals surface area contributed by atoms with Crippen LogP contribution in [0.15, 0.2) is 12.7 Å². The average molecular weight is 182 g/mol. The molecule has 1 rings (SSSR count). The van der Waals surface area contributed by atoms with Gasteiger partial charge in [0.25, 0.3) is 0 Å². The van der Waals surface area contributed by atoms with Crippen LogP contribution in [0.2, 0.25) is 0 Å². The molecular weight excluding hydrogens is 160 g/mol. The molecule has 0 saturated heterocycles. The van der Waals surface area contributed by atoms with Gasteiger partial charge in [0.15, 0.2) is 0 Å². The molecule has 1 heteroatoms. The largest absolute Gasteiger partial charge is 0.385 e. The monoisotopic (exact) mass is 182 g/mol. The van der Waals surface area contributed by atoms with Crippen LogP contribution in [-0.4, -0.2) is 10.7 Å². The van der Waals surface area contributed by atoms with Crippen LogP contribution < -0.4 is 0 Å². The van der Waals surface area contributed by atoms with E-state index in [1.807, 2.05) is 0 Å². The fraction of sp³-hybridized carbons (Fsp3) is 0.833. The molecule has 1 nitrogen and oxygen atoms in total. The third-order valence-corrected chi connectivity index (χ3v) is 4.45. The maximum absolute atomic E-state index is 10.4. The van der Waals surface area contributed by atoms with Crippen molar-refractivity contribution in [2.75, 3.05) is 0 Å². The normalized spacial score (nSPS) is 45.5. The predicted molar refractivity (Wildman–Crippen MR) is 56.5 cm³/mol. The molecular formula is C12H22O. The SMILES string of the molecule is C=CC1(O)CCC(C)[C@]1(C)C(C)C. The highest BCUT2D eigenvalue weighted by atomic mass is 16.3. The molecule has 0 amide bonds. The minimum absolute atomic E-state index is 0.00521. The molecule has 76 valence electrons. The van der Waals surface area contributed by atoms with Gasteiger partial charge in [0.1, 0.15) is 0 Å². The lowest BCUT2D eigenvalue weighted by molar-refractivity contribution is -0.0548. The van der Waals surface area contributed by atoms with Crippen LogP contribution in [0.4, 0.5) is 0 Å². The van der Waals surface area contributed by atoms with Crippen molar-refractivity contribution < 1.29 is 5.11 Å². The molecule has 2 unspecified atom stereocenters. The van der Waals surface area contributed by atoms with Crippen molar-refractivity contribution in [2.24, 2.45) is 17.3 Å². The van der Waals surface area contributed by atoms with E-state index in [1.54, 1.807) is 6.08 Å². The first-order valence-corrected chi connectivity index (χ1v) is 5.24.